The molecule has 1 rings (SSSR count). The second-order valence-corrected chi connectivity index (χ2v) is 3.63. The average Bonchev–Trinajstić information content (AvgIpc) is 2.33. The molecule has 0 aliphatic rings. The van der Waals surface area contributed by atoms with Crippen LogP contribution in [0.2, 0.25) is 0 Å². The van der Waals surface area contributed by atoms with Gasteiger partial charge in [-0.15, -0.1) is 0 Å². The van der Waals surface area contributed by atoms with Gasteiger partial charge in [0.25, 0.3) is 0 Å². The zero-order valence-electron chi connectivity index (χ0n) is 9.56. The minimum atomic E-state index is 0.549. The molecular weight excluding hydrogens is 220 g/mol. The second-order valence-electron chi connectivity index (χ2n) is 3.26. The number of hydrogen-bond acceptors (Lipinski definition) is 3. The predicted octanol–water partition coefficient (Wildman–Crippen LogP) is 3.34. The Morgan fingerprint density at radius 2 is 1.81 bits per heavy atom. The van der Waals surface area contributed by atoms with Crippen LogP contribution in [0.1, 0.15) is 13.3 Å². The van der Waals surface area contributed by atoms with Crippen LogP contribution in [0.5, 0.6) is 11.5 Å². The molecule has 0 aliphatic carbocycles. The molecule has 0 heterocycles. The fraction of sp³-hybridized carbons (Fsp3) is 0.385. The Morgan fingerprint density at radius 1 is 1.12 bits per heavy atom. The van der Waals surface area contributed by atoms with Gasteiger partial charge in [0.15, 0.2) is 11.5 Å². The molecule has 0 saturated carbocycles. The van der Waals surface area contributed by atoms with E-state index in [0.717, 1.165) is 23.7 Å². The highest BCUT2D eigenvalue weighted by atomic mass is 32.1. The molecule has 0 fully saturated rings. The second kappa shape index (κ2) is 8.11. The Morgan fingerprint density at radius 3 is 2.44 bits per heavy atom. The van der Waals surface area contributed by atoms with Crippen LogP contribution in [-0.2, 0) is 0 Å². The first-order valence-corrected chi connectivity index (χ1v) is 6.12. The number of thiol groups is 1. The van der Waals surface area contributed by atoms with Gasteiger partial charge in [0.05, 0.1) is 6.61 Å². The molecule has 0 radical (unpaired) electrons. The monoisotopic (exact) mass is 238 g/mol. The molecule has 2 nitrogen and oxygen atoms in total. The molecule has 0 aliphatic heterocycles. The number of hydrogen-bond donors (Lipinski definition) is 1. The van der Waals surface area contributed by atoms with Crippen molar-refractivity contribution in [3.05, 3.63) is 36.4 Å². The van der Waals surface area contributed by atoms with Gasteiger partial charge in [0.1, 0.15) is 6.61 Å². The molecule has 1 aromatic carbocycles. The van der Waals surface area contributed by atoms with Crippen molar-refractivity contribution in [2.45, 2.75) is 13.3 Å². The largest absolute Gasteiger partial charge is 0.490 e. The molecule has 3 heteroatoms. The van der Waals surface area contributed by atoms with E-state index in [1.807, 2.05) is 36.4 Å². The van der Waals surface area contributed by atoms with Gasteiger partial charge in [0, 0.05) is 5.75 Å². The van der Waals surface area contributed by atoms with Gasteiger partial charge in [-0.05, 0) is 18.6 Å². The summed E-state index contributed by atoms with van der Waals surface area (Å²) >= 11 is 4.08. The van der Waals surface area contributed by atoms with Crippen molar-refractivity contribution >= 4 is 12.6 Å². The van der Waals surface area contributed by atoms with Crippen molar-refractivity contribution in [3.63, 3.8) is 0 Å². The molecule has 16 heavy (non-hydrogen) atoms. The van der Waals surface area contributed by atoms with E-state index in [0.29, 0.717) is 13.2 Å². The van der Waals surface area contributed by atoms with Crippen LogP contribution in [0.3, 0.4) is 0 Å². The minimum absolute atomic E-state index is 0.549. The smallest absolute Gasteiger partial charge is 0.161 e. The SMILES string of the molecule is CCCOc1ccccc1OCC=CCS. The van der Waals surface area contributed by atoms with Crippen LogP contribution in [0.15, 0.2) is 36.4 Å². The summed E-state index contributed by atoms with van der Waals surface area (Å²) in [4.78, 5) is 0. The molecular formula is C13H18O2S. The normalized spacial score (nSPS) is 10.6. The van der Waals surface area contributed by atoms with Crippen molar-refractivity contribution in [2.75, 3.05) is 19.0 Å². The summed E-state index contributed by atoms with van der Waals surface area (Å²) < 4.78 is 11.2. The van der Waals surface area contributed by atoms with E-state index >= 15 is 0 Å². The Kier molecular flexibility index (Phi) is 6.58. The van der Waals surface area contributed by atoms with E-state index < -0.39 is 0 Å². The minimum Gasteiger partial charge on any atom is -0.490 e. The number of ether oxygens (including phenoxy) is 2. The topological polar surface area (TPSA) is 18.5 Å². The van der Waals surface area contributed by atoms with Crippen molar-refractivity contribution in [3.8, 4) is 11.5 Å². The molecule has 0 amide bonds. The van der Waals surface area contributed by atoms with E-state index in [2.05, 4.69) is 19.6 Å². The van der Waals surface area contributed by atoms with Crippen molar-refractivity contribution in [1.82, 2.24) is 0 Å². The van der Waals surface area contributed by atoms with Gasteiger partial charge in [0.2, 0.25) is 0 Å². The fourth-order valence-electron chi connectivity index (χ4n) is 1.18. The number of para-hydroxylation sites is 2. The van der Waals surface area contributed by atoms with Crippen molar-refractivity contribution in [2.24, 2.45) is 0 Å². The first-order valence-electron chi connectivity index (χ1n) is 5.49. The maximum Gasteiger partial charge on any atom is 0.161 e. The number of rotatable bonds is 7. The third-order valence-corrected chi connectivity index (χ3v) is 2.13. The zero-order valence-corrected chi connectivity index (χ0v) is 10.5. The van der Waals surface area contributed by atoms with Gasteiger partial charge in [-0.1, -0.05) is 31.2 Å². The lowest BCUT2D eigenvalue weighted by molar-refractivity contribution is 0.284. The molecule has 0 atom stereocenters. The van der Waals surface area contributed by atoms with Crippen LogP contribution < -0.4 is 9.47 Å². The van der Waals surface area contributed by atoms with E-state index in [1.54, 1.807) is 0 Å². The number of benzene rings is 1. The predicted molar refractivity (Wildman–Crippen MR) is 70.7 cm³/mol. The van der Waals surface area contributed by atoms with E-state index in [9.17, 15) is 0 Å². The van der Waals surface area contributed by atoms with E-state index in [1.165, 1.54) is 0 Å². The Bertz CT molecular complexity index is 323. The van der Waals surface area contributed by atoms with Crippen LogP contribution >= 0.6 is 12.6 Å². The molecule has 0 spiro atoms. The van der Waals surface area contributed by atoms with Crippen LogP contribution in [0.25, 0.3) is 0 Å². The average molecular weight is 238 g/mol. The van der Waals surface area contributed by atoms with E-state index in [4.69, 9.17) is 9.47 Å². The maximum atomic E-state index is 5.59. The highest BCUT2D eigenvalue weighted by molar-refractivity contribution is 7.80. The summed E-state index contributed by atoms with van der Waals surface area (Å²) in [5.41, 5.74) is 0. The standard InChI is InChI=1S/C13H18O2S/c1-2-9-14-12-7-3-4-8-13(12)15-10-5-6-11-16/h3-8,16H,2,9-11H2,1H3. The summed E-state index contributed by atoms with van der Waals surface area (Å²) in [7, 11) is 0. The third kappa shape index (κ3) is 4.62. The molecule has 88 valence electrons. The molecule has 0 saturated heterocycles. The molecule has 0 aromatic heterocycles. The Labute approximate surface area is 103 Å². The Hall–Kier alpha value is -1.09. The van der Waals surface area contributed by atoms with Gasteiger partial charge < -0.3 is 9.47 Å². The summed E-state index contributed by atoms with van der Waals surface area (Å²) in [6.45, 7) is 3.35. The van der Waals surface area contributed by atoms with Crippen LogP contribution in [0.4, 0.5) is 0 Å². The lowest BCUT2D eigenvalue weighted by Crippen LogP contribution is -2.00. The quantitative estimate of drug-likeness (QED) is 0.580. The Balaban J connectivity index is 2.52. The molecule has 1 aromatic rings. The van der Waals surface area contributed by atoms with Gasteiger partial charge >= 0.3 is 0 Å². The highest BCUT2D eigenvalue weighted by Crippen LogP contribution is 2.26. The van der Waals surface area contributed by atoms with Crippen LogP contribution in [0, 0.1) is 0 Å². The molecule has 0 N–H and O–H groups in total. The van der Waals surface area contributed by atoms with Gasteiger partial charge in [-0.3, -0.25) is 0 Å². The summed E-state index contributed by atoms with van der Waals surface area (Å²) in [5, 5.41) is 0. The summed E-state index contributed by atoms with van der Waals surface area (Å²) in [5.74, 6) is 2.33. The van der Waals surface area contributed by atoms with Crippen LogP contribution in [-0.4, -0.2) is 19.0 Å². The molecule has 0 unspecified atom stereocenters. The third-order valence-electron chi connectivity index (χ3n) is 1.92. The first kappa shape index (κ1) is 13.0. The highest BCUT2D eigenvalue weighted by Gasteiger charge is 2.01. The zero-order chi connectivity index (χ0) is 11.6. The lowest BCUT2D eigenvalue weighted by Gasteiger charge is -2.10. The van der Waals surface area contributed by atoms with Crippen molar-refractivity contribution < 1.29 is 9.47 Å². The van der Waals surface area contributed by atoms with E-state index in [-0.39, 0.29) is 0 Å². The van der Waals surface area contributed by atoms with Crippen molar-refractivity contribution in [1.29, 1.82) is 0 Å². The summed E-state index contributed by atoms with van der Waals surface area (Å²) in [6.07, 6.45) is 4.90. The molecule has 0 bridgehead atoms. The maximum absolute atomic E-state index is 5.59. The lowest BCUT2D eigenvalue weighted by atomic mass is 10.3. The summed E-state index contributed by atoms with van der Waals surface area (Å²) in [6, 6.07) is 7.73. The van der Waals surface area contributed by atoms with Gasteiger partial charge in [-0.2, -0.15) is 12.6 Å². The first-order chi connectivity index (χ1) is 7.88. The fourth-order valence-corrected chi connectivity index (χ4v) is 1.33. The van der Waals surface area contributed by atoms with Gasteiger partial charge in [-0.25, -0.2) is 0 Å².